The zero-order valence-corrected chi connectivity index (χ0v) is 20.9. The van der Waals surface area contributed by atoms with Crippen LogP contribution in [0.2, 0.25) is 0 Å². The van der Waals surface area contributed by atoms with Gasteiger partial charge in [0.2, 0.25) is 0 Å². The van der Waals surface area contributed by atoms with Crippen molar-refractivity contribution in [1.82, 2.24) is 19.9 Å². The monoisotopic (exact) mass is 624 g/mol. The van der Waals surface area contributed by atoms with E-state index in [1.165, 1.54) is 25.5 Å². The number of nitrogens with one attached hydrogen (secondary N) is 2. The first kappa shape index (κ1) is 29.4. The quantitative estimate of drug-likeness (QED) is 0.142. The van der Waals surface area contributed by atoms with Crippen molar-refractivity contribution in [3.8, 4) is 11.3 Å². The molecule has 0 amide bonds. The van der Waals surface area contributed by atoms with Crippen LogP contribution < -0.4 is 5.46 Å². The van der Waals surface area contributed by atoms with Gasteiger partial charge in [0.05, 0.1) is 45.6 Å². The lowest BCUT2D eigenvalue weighted by Crippen LogP contribution is -2.31. The highest BCUT2D eigenvalue weighted by atomic mass is 127. The summed E-state index contributed by atoms with van der Waals surface area (Å²) in [4.78, 5) is 13.2. The Morgan fingerprint density at radius 1 is 0.750 bits per heavy atom. The van der Waals surface area contributed by atoms with Crippen molar-refractivity contribution in [3.05, 3.63) is 87.4 Å². The summed E-state index contributed by atoms with van der Waals surface area (Å²) in [5, 5.41) is 17.5. The molecule has 192 valence electrons. The Balaban J connectivity index is 0.000000208. The smallest absolute Gasteiger partial charge is 0.423 e. The minimum Gasteiger partial charge on any atom is -0.423 e. The van der Waals surface area contributed by atoms with E-state index in [4.69, 9.17) is 10.0 Å². The zero-order chi connectivity index (χ0) is 27.1. The SMILES string of the molecule is Cc1cc(-c2cnc[nH]2)cc(C(F)(F)F)c1.Cc1cc(B(O)O)cc(C(F)(F)F)c1.Ic1cnc[nH]1. The predicted octanol–water partition coefficient (Wildman–Crippen LogP) is 5.11. The highest BCUT2D eigenvalue weighted by Gasteiger charge is 2.32. The molecule has 0 saturated heterocycles. The molecule has 2 heterocycles. The maximum absolute atomic E-state index is 12.6. The van der Waals surface area contributed by atoms with E-state index < -0.39 is 30.6 Å². The number of nitrogens with zero attached hydrogens (tertiary/aromatic N) is 2. The van der Waals surface area contributed by atoms with Crippen molar-refractivity contribution in [2.24, 2.45) is 0 Å². The number of alkyl halides is 6. The number of imidazole rings is 2. The molecule has 2 aromatic heterocycles. The second kappa shape index (κ2) is 12.4. The molecule has 4 aromatic rings. The van der Waals surface area contributed by atoms with Crippen LogP contribution >= 0.6 is 22.6 Å². The molecule has 0 aliphatic rings. The number of H-pyrrole nitrogens is 2. The van der Waals surface area contributed by atoms with E-state index in [1.807, 2.05) is 0 Å². The minimum absolute atomic E-state index is 0.155. The summed E-state index contributed by atoms with van der Waals surface area (Å²) in [6, 6.07) is 6.88. The van der Waals surface area contributed by atoms with Gasteiger partial charge in [-0.25, -0.2) is 9.97 Å². The van der Waals surface area contributed by atoms with Gasteiger partial charge in [0.1, 0.15) is 0 Å². The van der Waals surface area contributed by atoms with Crippen molar-refractivity contribution < 1.29 is 36.4 Å². The van der Waals surface area contributed by atoms with E-state index in [1.54, 1.807) is 25.5 Å². The van der Waals surface area contributed by atoms with Gasteiger partial charge in [0, 0.05) is 5.56 Å². The van der Waals surface area contributed by atoms with Crippen LogP contribution in [0, 0.1) is 17.5 Å². The Kier molecular flexibility index (Phi) is 10.1. The highest BCUT2D eigenvalue weighted by Crippen LogP contribution is 2.32. The van der Waals surface area contributed by atoms with Gasteiger partial charge in [-0.1, -0.05) is 17.7 Å². The Morgan fingerprint density at radius 3 is 1.69 bits per heavy atom. The van der Waals surface area contributed by atoms with Gasteiger partial charge < -0.3 is 20.0 Å². The van der Waals surface area contributed by atoms with Crippen LogP contribution in [0.4, 0.5) is 26.3 Å². The molecule has 0 unspecified atom stereocenters. The van der Waals surface area contributed by atoms with Crippen LogP contribution in [0.3, 0.4) is 0 Å². The van der Waals surface area contributed by atoms with E-state index in [2.05, 4.69) is 42.5 Å². The third kappa shape index (κ3) is 9.31. The summed E-state index contributed by atoms with van der Waals surface area (Å²) in [6.07, 6.45) is -2.43. The first-order valence-electron chi connectivity index (χ1n) is 10.0. The summed E-state index contributed by atoms with van der Waals surface area (Å²) >= 11 is 2.16. The van der Waals surface area contributed by atoms with Gasteiger partial charge in [0.25, 0.3) is 0 Å². The third-order valence-corrected chi connectivity index (χ3v) is 4.99. The fraction of sp³-hybridized carbons (Fsp3) is 0.182. The number of hydrogen-bond acceptors (Lipinski definition) is 4. The lowest BCUT2D eigenvalue weighted by molar-refractivity contribution is -0.138. The number of halogens is 7. The molecule has 4 N–H and O–H groups in total. The average Bonchev–Trinajstić information content (AvgIpc) is 3.46. The summed E-state index contributed by atoms with van der Waals surface area (Å²) in [7, 11) is -1.88. The molecule has 0 aliphatic carbocycles. The summed E-state index contributed by atoms with van der Waals surface area (Å²) in [5.74, 6) is 0. The summed E-state index contributed by atoms with van der Waals surface area (Å²) in [5.41, 5.74) is 0.302. The summed E-state index contributed by atoms with van der Waals surface area (Å²) < 4.78 is 75.5. The molecular weight excluding hydrogens is 604 g/mol. The van der Waals surface area contributed by atoms with Gasteiger partial charge >= 0.3 is 19.5 Å². The van der Waals surface area contributed by atoms with Crippen LogP contribution in [0.25, 0.3) is 11.3 Å². The molecule has 0 spiro atoms. The van der Waals surface area contributed by atoms with Crippen molar-refractivity contribution in [2.45, 2.75) is 26.2 Å². The van der Waals surface area contributed by atoms with E-state index in [9.17, 15) is 26.3 Å². The zero-order valence-electron chi connectivity index (χ0n) is 18.8. The molecule has 0 atom stereocenters. The topological polar surface area (TPSA) is 97.8 Å². The lowest BCUT2D eigenvalue weighted by atomic mass is 9.78. The van der Waals surface area contributed by atoms with E-state index >= 15 is 0 Å². The predicted molar refractivity (Wildman–Crippen MR) is 131 cm³/mol. The molecule has 36 heavy (non-hydrogen) atoms. The maximum atomic E-state index is 12.6. The number of aryl methyl sites for hydroxylation is 2. The summed E-state index contributed by atoms with van der Waals surface area (Å²) in [6.45, 7) is 3.09. The van der Waals surface area contributed by atoms with Gasteiger partial charge in [-0.2, -0.15) is 26.3 Å². The fourth-order valence-electron chi connectivity index (χ4n) is 2.88. The number of aromatic amines is 2. The van der Waals surface area contributed by atoms with E-state index in [0.717, 1.165) is 28.0 Å². The molecule has 0 bridgehead atoms. The lowest BCUT2D eigenvalue weighted by Gasteiger charge is -2.09. The van der Waals surface area contributed by atoms with Crippen LogP contribution in [-0.2, 0) is 12.4 Å². The minimum atomic E-state index is -4.46. The van der Waals surface area contributed by atoms with Gasteiger partial charge in [-0.3, -0.25) is 0 Å². The van der Waals surface area contributed by atoms with E-state index in [-0.39, 0.29) is 5.46 Å². The van der Waals surface area contributed by atoms with Gasteiger partial charge in [-0.05, 0) is 71.7 Å². The van der Waals surface area contributed by atoms with Crippen LogP contribution in [0.1, 0.15) is 22.3 Å². The van der Waals surface area contributed by atoms with E-state index in [0.29, 0.717) is 22.4 Å². The Bertz CT molecular complexity index is 1230. The molecule has 2 aromatic carbocycles. The number of benzene rings is 2. The van der Waals surface area contributed by atoms with Gasteiger partial charge in [0.15, 0.2) is 0 Å². The Labute approximate surface area is 216 Å². The van der Waals surface area contributed by atoms with Crippen molar-refractivity contribution in [1.29, 1.82) is 0 Å². The molecule has 0 aliphatic heterocycles. The normalized spacial score (nSPS) is 11.2. The highest BCUT2D eigenvalue weighted by molar-refractivity contribution is 14.1. The Hall–Kier alpha value is -2.85. The second-order valence-corrected chi connectivity index (χ2v) is 8.62. The molecular formula is C22H20BF6IN4O2. The molecule has 6 nitrogen and oxygen atoms in total. The van der Waals surface area contributed by atoms with Crippen LogP contribution in [0.15, 0.2) is 61.4 Å². The number of rotatable bonds is 2. The number of hydrogen-bond donors (Lipinski definition) is 4. The molecule has 0 fully saturated rings. The third-order valence-electron chi connectivity index (χ3n) is 4.40. The van der Waals surface area contributed by atoms with Crippen molar-refractivity contribution in [3.63, 3.8) is 0 Å². The van der Waals surface area contributed by atoms with Gasteiger partial charge in [-0.15, -0.1) is 0 Å². The molecule has 0 radical (unpaired) electrons. The van der Waals surface area contributed by atoms with Crippen LogP contribution in [-0.4, -0.2) is 37.1 Å². The molecule has 14 heteroatoms. The maximum Gasteiger partial charge on any atom is 0.488 e. The second-order valence-electron chi connectivity index (χ2n) is 7.45. The van der Waals surface area contributed by atoms with Crippen molar-refractivity contribution in [2.75, 3.05) is 0 Å². The number of aromatic nitrogens is 4. The molecule has 0 saturated carbocycles. The molecule has 4 rings (SSSR count). The Morgan fingerprint density at radius 2 is 1.28 bits per heavy atom. The first-order chi connectivity index (χ1) is 16.7. The van der Waals surface area contributed by atoms with Crippen LogP contribution in [0.5, 0.6) is 0 Å². The first-order valence-corrected chi connectivity index (χ1v) is 11.1. The largest absolute Gasteiger partial charge is 0.488 e. The fourth-order valence-corrected chi connectivity index (χ4v) is 3.18. The van der Waals surface area contributed by atoms with Crippen molar-refractivity contribution >= 4 is 35.2 Å². The standard InChI is InChI=1S/C11H9F3N2.C8H8BF3O2.C3H3IN2/c1-7-2-8(10-5-15-6-16-10)4-9(3-7)11(12,13)14;1-5-2-6(8(10,11)12)4-7(3-5)9(13)14;4-3-1-5-2-6-3/h2-6H,1H3,(H,15,16);2-4,13-14H,1H3;1-2H,(H,5,6). The average molecular weight is 624 g/mol.